The molecular formula is C14H18N2OS. The number of hydrogen-bond donors (Lipinski definition) is 2. The molecule has 4 heteroatoms. The number of nitrogens with one attached hydrogen (secondary N) is 1. The lowest BCUT2D eigenvalue weighted by atomic mass is 10.0. The SMILES string of the molecule is NC(CSc1cc2ccccc2[nH]1)C1CCOC1. The summed E-state index contributed by atoms with van der Waals surface area (Å²) in [6.07, 6.45) is 1.11. The van der Waals surface area contributed by atoms with Crippen molar-refractivity contribution in [3.63, 3.8) is 0 Å². The first kappa shape index (κ1) is 12.1. The van der Waals surface area contributed by atoms with E-state index < -0.39 is 0 Å². The molecule has 2 heterocycles. The Morgan fingerprint density at radius 3 is 3.11 bits per heavy atom. The molecule has 96 valence electrons. The lowest BCUT2D eigenvalue weighted by Gasteiger charge is -2.16. The van der Waals surface area contributed by atoms with Gasteiger partial charge >= 0.3 is 0 Å². The van der Waals surface area contributed by atoms with Crippen molar-refractivity contribution in [3.05, 3.63) is 30.3 Å². The van der Waals surface area contributed by atoms with E-state index in [0.29, 0.717) is 5.92 Å². The fraction of sp³-hybridized carbons (Fsp3) is 0.429. The maximum Gasteiger partial charge on any atom is 0.0733 e. The molecule has 0 amide bonds. The van der Waals surface area contributed by atoms with Crippen molar-refractivity contribution in [2.75, 3.05) is 19.0 Å². The summed E-state index contributed by atoms with van der Waals surface area (Å²) in [5.74, 6) is 1.47. The molecule has 1 saturated heterocycles. The fourth-order valence-electron chi connectivity index (χ4n) is 2.34. The number of aromatic amines is 1. The van der Waals surface area contributed by atoms with Crippen LogP contribution in [-0.2, 0) is 4.74 Å². The second kappa shape index (κ2) is 5.34. The average molecular weight is 262 g/mol. The van der Waals surface area contributed by atoms with Crippen molar-refractivity contribution >= 4 is 22.7 Å². The number of H-pyrrole nitrogens is 1. The van der Waals surface area contributed by atoms with Crippen LogP contribution >= 0.6 is 11.8 Å². The molecule has 2 atom stereocenters. The maximum absolute atomic E-state index is 6.21. The Morgan fingerprint density at radius 2 is 2.33 bits per heavy atom. The van der Waals surface area contributed by atoms with Gasteiger partial charge in [-0.1, -0.05) is 18.2 Å². The van der Waals surface area contributed by atoms with Crippen LogP contribution in [0, 0.1) is 5.92 Å². The lowest BCUT2D eigenvalue weighted by molar-refractivity contribution is 0.182. The van der Waals surface area contributed by atoms with Crippen LogP contribution < -0.4 is 5.73 Å². The Balaban J connectivity index is 1.62. The van der Waals surface area contributed by atoms with Crippen molar-refractivity contribution in [1.29, 1.82) is 0 Å². The zero-order valence-electron chi connectivity index (χ0n) is 10.3. The van der Waals surface area contributed by atoms with Crippen LogP contribution in [0.4, 0.5) is 0 Å². The minimum absolute atomic E-state index is 0.226. The molecule has 2 aromatic rings. The van der Waals surface area contributed by atoms with E-state index in [9.17, 15) is 0 Å². The molecule has 1 aliphatic rings. The van der Waals surface area contributed by atoms with Gasteiger partial charge in [0.1, 0.15) is 0 Å². The third kappa shape index (κ3) is 2.55. The minimum Gasteiger partial charge on any atom is -0.381 e. The zero-order valence-corrected chi connectivity index (χ0v) is 11.1. The van der Waals surface area contributed by atoms with Crippen molar-refractivity contribution < 1.29 is 4.74 Å². The highest BCUT2D eigenvalue weighted by Crippen LogP contribution is 2.26. The van der Waals surface area contributed by atoms with Crippen LogP contribution in [0.3, 0.4) is 0 Å². The number of hydrogen-bond acceptors (Lipinski definition) is 3. The largest absolute Gasteiger partial charge is 0.381 e. The molecule has 3 nitrogen and oxygen atoms in total. The normalized spacial score (nSPS) is 21.5. The molecule has 1 aromatic heterocycles. The van der Waals surface area contributed by atoms with Crippen LogP contribution in [0.25, 0.3) is 10.9 Å². The molecular weight excluding hydrogens is 244 g/mol. The molecule has 3 rings (SSSR count). The maximum atomic E-state index is 6.21. The van der Waals surface area contributed by atoms with E-state index in [1.807, 2.05) is 0 Å². The van der Waals surface area contributed by atoms with Crippen molar-refractivity contribution in [1.82, 2.24) is 4.98 Å². The molecule has 18 heavy (non-hydrogen) atoms. The lowest BCUT2D eigenvalue weighted by Crippen LogP contribution is -2.32. The predicted octanol–water partition coefficient (Wildman–Crippen LogP) is 2.62. The third-order valence-electron chi connectivity index (χ3n) is 3.51. The van der Waals surface area contributed by atoms with Crippen molar-refractivity contribution in [2.24, 2.45) is 11.7 Å². The number of aromatic nitrogens is 1. The second-order valence-corrected chi connectivity index (χ2v) is 5.88. The highest BCUT2D eigenvalue weighted by Gasteiger charge is 2.22. The van der Waals surface area contributed by atoms with E-state index in [-0.39, 0.29) is 6.04 Å². The Labute approximate surface area is 111 Å². The number of ether oxygens (including phenoxy) is 1. The molecule has 0 aliphatic carbocycles. The molecule has 0 radical (unpaired) electrons. The molecule has 2 unspecified atom stereocenters. The first-order chi connectivity index (χ1) is 8.83. The van der Waals surface area contributed by atoms with Gasteiger partial charge in [-0.3, -0.25) is 0 Å². The van der Waals surface area contributed by atoms with E-state index in [2.05, 4.69) is 35.3 Å². The molecule has 0 bridgehead atoms. The van der Waals surface area contributed by atoms with Gasteiger partial charge in [0, 0.05) is 35.2 Å². The monoisotopic (exact) mass is 262 g/mol. The van der Waals surface area contributed by atoms with Crippen LogP contribution in [0.1, 0.15) is 6.42 Å². The third-order valence-corrected chi connectivity index (χ3v) is 4.59. The minimum atomic E-state index is 0.226. The van der Waals surface area contributed by atoms with Crippen LogP contribution in [0.5, 0.6) is 0 Å². The van der Waals surface area contributed by atoms with Crippen molar-refractivity contribution in [2.45, 2.75) is 17.5 Å². The number of thioether (sulfide) groups is 1. The Bertz CT molecular complexity index is 486. The summed E-state index contributed by atoms with van der Waals surface area (Å²) in [6.45, 7) is 1.70. The Hall–Kier alpha value is -0.970. The van der Waals surface area contributed by atoms with E-state index in [4.69, 9.17) is 10.5 Å². The highest BCUT2D eigenvalue weighted by atomic mass is 32.2. The Kier molecular flexibility index (Phi) is 3.59. The van der Waals surface area contributed by atoms with Crippen molar-refractivity contribution in [3.8, 4) is 0 Å². The number of fused-ring (bicyclic) bond motifs is 1. The van der Waals surface area contributed by atoms with Crippen LogP contribution in [0.15, 0.2) is 35.4 Å². The Morgan fingerprint density at radius 1 is 1.44 bits per heavy atom. The summed E-state index contributed by atoms with van der Waals surface area (Å²) in [4.78, 5) is 3.42. The summed E-state index contributed by atoms with van der Waals surface area (Å²) in [6, 6.07) is 10.8. The van der Waals surface area contributed by atoms with E-state index in [0.717, 1.165) is 25.4 Å². The average Bonchev–Trinajstić information content (AvgIpc) is 3.04. The first-order valence-electron chi connectivity index (χ1n) is 6.37. The van der Waals surface area contributed by atoms with Gasteiger partial charge in [-0.15, -0.1) is 11.8 Å². The molecule has 0 spiro atoms. The van der Waals surface area contributed by atoms with E-state index >= 15 is 0 Å². The predicted molar refractivity (Wildman–Crippen MR) is 75.9 cm³/mol. The summed E-state index contributed by atoms with van der Waals surface area (Å²) >= 11 is 1.80. The first-order valence-corrected chi connectivity index (χ1v) is 7.35. The highest BCUT2D eigenvalue weighted by molar-refractivity contribution is 7.99. The summed E-state index contributed by atoms with van der Waals surface area (Å²) < 4.78 is 5.38. The van der Waals surface area contributed by atoms with Gasteiger partial charge in [0.05, 0.1) is 11.6 Å². The molecule has 1 aliphatic heterocycles. The molecule has 0 saturated carbocycles. The number of benzene rings is 1. The van der Waals surface area contributed by atoms with Gasteiger partial charge in [-0.05, 0) is 18.6 Å². The quantitative estimate of drug-likeness (QED) is 0.833. The van der Waals surface area contributed by atoms with Gasteiger partial charge in [-0.25, -0.2) is 0 Å². The van der Waals surface area contributed by atoms with Gasteiger partial charge in [0.2, 0.25) is 0 Å². The summed E-state index contributed by atoms with van der Waals surface area (Å²) in [7, 11) is 0. The molecule has 1 fully saturated rings. The molecule has 1 aromatic carbocycles. The van der Waals surface area contributed by atoms with Gasteiger partial charge in [0.25, 0.3) is 0 Å². The van der Waals surface area contributed by atoms with Crippen LogP contribution in [-0.4, -0.2) is 30.0 Å². The van der Waals surface area contributed by atoms with Gasteiger partial charge < -0.3 is 15.5 Å². The summed E-state index contributed by atoms with van der Waals surface area (Å²) in [5.41, 5.74) is 7.40. The zero-order chi connectivity index (χ0) is 12.4. The second-order valence-electron chi connectivity index (χ2n) is 4.82. The number of para-hydroxylation sites is 1. The smallest absolute Gasteiger partial charge is 0.0733 e. The van der Waals surface area contributed by atoms with E-state index in [1.165, 1.54) is 15.9 Å². The van der Waals surface area contributed by atoms with Gasteiger partial charge in [0.15, 0.2) is 0 Å². The molecule has 3 N–H and O–H groups in total. The van der Waals surface area contributed by atoms with Gasteiger partial charge in [-0.2, -0.15) is 0 Å². The van der Waals surface area contributed by atoms with Crippen LogP contribution in [0.2, 0.25) is 0 Å². The standard InChI is InChI=1S/C14H18N2OS/c15-12(11-5-6-17-8-11)9-18-14-7-10-3-1-2-4-13(10)16-14/h1-4,7,11-12,16H,5-6,8-9,15H2. The number of nitrogens with two attached hydrogens (primary N) is 1. The topological polar surface area (TPSA) is 51.0 Å². The van der Waals surface area contributed by atoms with E-state index in [1.54, 1.807) is 11.8 Å². The number of rotatable bonds is 4. The summed E-state index contributed by atoms with van der Waals surface area (Å²) in [5, 5.41) is 2.46. The fourth-order valence-corrected chi connectivity index (χ4v) is 3.37.